The molecule has 0 aromatic heterocycles. The Labute approximate surface area is 87.0 Å². The Bertz CT molecular complexity index is 367. The maximum absolute atomic E-state index is 9.65. The lowest BCUT2D eigenvalue weighted by Gasteiger charge is -2.23. The SMILES string of the molecule is NCC(O)c1c(O)ccc2c1OCCO2. The average molecular weight is 211 g/mol. The van der Waals surface area contributed by atoms with E-state index >= 15 is 0 Å². The van der Waals surface area contributed by atoms with Gasteiger partial charge < -0.3 is 25.4 Å². The minimum absolute atomic E-state index is 0.0212. The van der Waals surface area contributed by atoms with Gasteiger partial charge in [-0.3, -0.25) is 0 Å². The summed E-state index contributed by atoms with van der Waals surface area (Å²) in [6.45, 7) is 0.893. The van der Waals surface area contributed by atoms with E-state index < -0.39 is 6.10 Å². The van der Waals surface area contributed by atoms with Gasteiger partial charge in [0.15, 0.2) is 11.5 Å². The zero-order valence-electron chi connectivity index (χ0n) is 8.14. The van der Waals surface area contributed by atoms with E-state index in [2.05, 4.69) is 0 Å². The predicted octanol–water partition coefficient (Wildman–Crippen LogP) is 0.155. The van der Waals surface area contributed by atoms with Gasteiger partial charge in [0.2, 0.25) is 0 Å². The zero-order valence-corrected chi connectivity index (χ0v) is 8.14. The van der Waals surface area contributed by atoms with Gasteiger partial charge in [-0.15, -0.1) is 0 Å². The van der Waals surface area contributed by atoms with Crippen molar-refractivity contribution < 1.29 is 19.7 Å². The first-order chi connectivity index (χ1) is 7.24. The van der Waals surface area contributed by atoms with Crippen LogP contribution in [0.15, 0.2) is 12.1 Å². The van der Waals surface area contributed by atoms with E-state index in [0.29, 0.717) is 30.3 Å². The maximum Gasteiger partial charge on any atom is 0.170 e. The Morgan fingerprint density at radius 2 is 2.07 bits per heavy atom. The molecule has 0 fully saturated rings. The van der Waals surface area contributed by atoms with E-state index in [1.165, 1.54) is 6.07 Å². The molecule has 82 valence electrons. The highest BCUT2D eigenvalue weighted by atomic mass is 16.6. The van der Waals surface area contributed by atoms with Crippen molar-refractivity contribution in [3.8, 4) is 17.2 Å². The number of nitrogens with two attached hydrogens (primary N) is 1. The zero-order chi connectivity index (χ0) is 10.8. The van der Waals surface area contributed by atoms with E-state index in [4.69, 9.17) is 15.2 Å². The van der Waals surface area contributed by atoms with Crippen molar-refractivity contribution in [1.29, 1.82) is 0 Å². The lowest BCUT2D eigenvalue weighted by atomic mass is 10.1. The minimum atomic E-state index is -0.943. The summed E-state index contributed by atoms with van der Waals surface area (Å²) in [5.41, 5.74) is 5.65. The quantitative estimate of drug-likeness (QED) is 0.648. The van der Waals surface area contributed by atoms with Gasteiger partial charge >= 0.3 is 0 Å². The molecule has 4 N–H and O–H groups in total. The van der Waals surface area contributed by atoms with Crippen molar-refractivity contribution in [2.75, 3.05) is 19.8 Å². The summed E-state index contributed by atoms with van der Waals surface area (Å²) < 4.78 is 10.7. The van der Waals surface area contributed by atoms with Gasteiger partial charge in [0.05, 0.1) is 11.7 Å². The molecular weight excluding hydrogens is 198 g/mol. The van der Waals surface area contributed by atoms with Crippen LogP contribution in [0.2, 0.25) is 0 Å². The number of hydrogen-bond acceptors (Lipinski definition) is 5. The van der Waals surface area contributed by atoms with E-state index in [9.17, 15) is 10.2 Å². The second kappa shape index (κ2) is 3.96. The second-order valence-electron chi connectivity index (χ2n) is 3.27. The topological polar surface area (TPSA) is 84.9 Å². The fourth-order valence-electron chi connectivity index (χ4n) is 1.57. The van der Waals surface area contributed by atoms with Crippen LogP contribution in [0.5, 0.6) is 17.2 Å². The smallest absolute Gasteiger partial charge is 0.170 e. The largest absolute Gasteiger partial charge is 0.507 e. The van der Waals surface area contributed by atoms with Gasteiger partial charge in [0.25, 0.3) is 0 Å². The molecular formula is C10H13NO4. The van der Waals surface area contributed by atoms with Crippen LogP contribution in [0.3, 0.4) is 0 Å². The summed E-state index contributed by atoms with van der Waals surface area (Å²) in [6.07, 6.45) is -0.943. The van der Waals surface area contributed by atoms with E-state index in [1.807, 2.05) is 0 Å². The molecule has 15 heavy (non-hydrogen) atoms. The van der Waals surface area contributed by atoms with Gasteiger partial charge in [-0.2, -0.15) is 0 Å². The lowest BCUT2D eigenvalue weighted by molar-refractivity contribution is 0.146. The number of phenols is 1. The molecule has 1 atom stereocenters. The van der Waals surface area contributed by atoms with Crippen molar-refractivity contribution in [2.24, 2.45) is 5.73 Å². The molecule has 0 saturated carbocycles. The first-order valence-electron chi connectivity index (χ1n) is 4.73. The predicted molar refractivity (Wildman–Crippen MR) is 53.1 cm³/mol. The molecule has 1 aromatic carbocycles. The normalized spacial score (nSPS) is 16.1. The lowest BCUT2D eigenvalue weighted by Crippen LogP contribution is -2.19. The van der Waals surface area contributed by atoms with E-state index in [-0.39, 0.29) is 12.3 Å². The van der Waals surface area contributed by atoms with Crippen LogP contribution < -0.4 is 15.2 Å². The van der Waals surface area contributed by atoms with Crippen molar-refractivity contribution >= 4 is 0 Å². The molecule has 1 aromatic rings. The van der Waals surface area contributed by atoms with E-state index in [0.717, 1.165) is 0 Å². The number of aliphatic hydroxyl groups excluding tert-OH is 1. The van der Waals surface area contributed by atoms with Gasteiger partial charge in [-0.1, -0.05) is 0 Å². The van der Waals surface area contributed by atoms with Gasteiger partial charge in [0.1, 0.15) is 19.0 Å². The molecule has 1 aliphatic rings. The van der Waals surface area contributed by atoms with Gasteiger partial charge in [-0.05, 0) is 12.1 Å². The second-order valence-corrected chi connectivity index (χ2v) is 3.27. The monoisotopic (exact) mass is 211 g/mol. The van der Waals surface area contributed by atoms with E-state index in [1.54, 1.807) is 6.07 Å². The third-order valence-electron chi connectivity index (χ3n) is 2.28. The van der Waals surface area contributed by atoms with Crippen molar-refractivity contribution in [2.45, 2.75) is 6.10 Å². The number of hydrogen-bond donors (Lipinski definition) is 3. The highest BCUT2D eigenvalue weighted by molar-refractivity contribution is 5.55. The number of rotatable bonds is 2. The van der Waals surface area contributed by atoms with Crippen LogP contribution in [0, 0.1) is 0 Å². The Morgan fingerprint density at radius 1 is 1.33 bits per heavy atom. The molecule has 5 heteroatoms. The molecule has 0 bridgehead atoms. The minimum Gasteiger partial charge on any atom is -0.507 e. The summed E-state index contributed by atoms with van der Waals surface area (Å²) in [6, 6.07) is 3.07. The first-order valence-corrected chi connectivity index (χ1v) is 4.73. The Morgan fingerprint density at radius 3 is 2.80 bits per heavy atom. The van der Waals surface area contributed by atoms with Crippen LogP contribution >= 0.6 is 0 Å². The van der Waals surface area contributed by atoms with Crippen molar-refractivity contribution in [3.05, 3.63) is 17.7 Å². The highest BCUT2D eigenvalue weighted by Crippen LogP contribution is 2.41. The van der Waals surface area contributed by atoms with Crippen LogP contribution in [-0.2, 0) is 0 Å². The average Bonchev–Trinajstić information content (AvgIpc) is 2.28. The van der Waals surface area contributed by atoms with Gasteiger partial charge in [0, 0.05) is 6.54 Å². The molecule has 1 heterocycles. The first kappa shape index (κ1) is 10.1. The molecule has 0 aliphatic carbocycles. The number of aliphatic hydroxyl groups is 1. The highest BCUT2D eigenvalue weighted by Gasteiger charge is 2.23. The van der Waals surface area contributed by atoms with Crippen molar-refractivity contribution in [3.63, 3.8) is 0 Å². The summed E-state index contributed by atoms with van der Waals surface area (Å²) in [5, 5.41) is 19.3. The molecule has 0 spiro atoms. The maximum atomic E-state index is 9.65. The summed E-state index contributed by atoms with van der Waals surface area (Å²) in [5.74, 6) is 0.887. The van der Waals surface area contributed by atoms with Gasteiger partial charge in [-0.25, -0.2) is 0 Å². The summed E-state index contributed by atoms with van der Waals surface area (Å²) >= 11 is 0. The van der Waals surface area contributed by atoms with Crippen LogP contribution in [0.25, 0.3) is 0 Å². The molecule has 2 rings (SSSR count). The standard InChI is InChI=1S/C10H13NO4/c11-5-7(13)9-6(12)1-2-8-10(9)15-4-3-14-8/h1-2,7,12-13H,3-5,11H2. The number of benzene rings is 1. The molecule has 1 aliphatic heterocycles. The van der Waals surface area contributed by atoms with Crippen LogP contribution in [0.4, 0.5) is 0 Å². The molecule has 0 amide bonds. The van der Waals surface area contributed by atoms with Crippen LogP contribution in [0.1, 0.15) is 11.7 Å². The number of ether oxygens (including phenoxy) is 2. The molecule has 0 saturated heterocycles. The Hall–Kier alpha value is -1.46. The molecule has 5 nitrogen and oxygen atoms in total. The van der Waals surface area contributed by atoms with Crippen LogP contribution in [-0.4, -0.2) is 30.0 Å². The number of aromatic hydroxyl groups is 1. The third kappa shape index (κ3) is 1.71. The number of phenolic OH excluding ortho intramolecular Hbond substituents is 1. The Balaban J connectivity index is 2.50. The third-order valence-corrected chi connectivity index (χ3v) is 2.28. The Kier molecular flexibility index (Phi) is 2.66. The summed E-state index contributed by atoms with van der Waals surface area (Å²) in [7, 11) is 0. The number of fused-ring (bicyclic) bond motifs is 1. The summed E-state index contributed by atoms with van der Waals surface area (Å²) in [4.78, 5) is 0. The fraction of sp³-hybridized carbons (Fsp3) is 0.400. The fourth-order valence-corrected chi connectivity index (χ4v) is 1.57. The molecule has 1 unspecified atom stereocenters. The molecule has 0 radical (unpaired) electrons. The van der Waals surface area contributed by atoms with Crippen molar-refractivity contribution in [1.82, 2.24) is 0 Å².